The maximum absolute atomic E-state index is 11.8. The van der Waals surface area contributed by atoms with Crippen molar-refractivity contribution in [3.8, 4) is 0 Å². The van der Waals surface area contributed by atoms with Crippen LogP contribution in [0.4, 0.5) is 0 Å². The molecule has 0 saturated carbocycles. The standard InChI is InChI=1S/C17H34O/c1-5-7-8-9-10-11-12-13-14-16(18)15-17(3,4)6-2/h5-15H2,1-4H3. The van der Waals surface area contributed by atoms with Crippen LogP contribution in [-0.4, -0.2) is 5.78 Å². The lowest BCUT2D eigenvalue weighted by molar-refractivity contribution is -0.121. The Labute approximate surface area is 115 Å². The normalized spacial score (nSPS) is 11.8. The fourth-order valence-corrected chi connectivity index (χ4v) is 2.20. The zero-order valence-corrected chi connectivity index (χ0v) is 13.2. The summed E-state index contributed by atoms with van der Waals surface area (Å²) in [6.45, 7) is 8.81. The van der Waals surface area contributed by atoms with Crippen LogP contribution in [0.3, 0.4) is 0 Å². The van der Waals surface area contributed by atoms with E-state index >= 15 is 0 Å². The van der Waals surface area contributed by atoms with Crippen LogP contribution in [0.5, 0.6) is 0 Å². The van der Waals surface area contributed by atoms with E-state index in [1.54, 1.807) is 0 Å². The van der Waals surface area contributed by atoms with Gasteiger partial charge < -0.3 is 0 Å². The minimum atomic E-state index is 0.206. The van der Waals surface area contributed by atoms with Gasteiger partial charge in [0.2, 0.25) is 0 Å². The van der Waals surface area contributed by atoms with E-state index in [0.29, 0.717) is 5.78 Å². The zero-order chi connectivity index (χ0) is 13.9. The predicted molar refractivity (Wildman–Crippen MR) is 80.9 cm³/mol. The molecule has 0 aliphatic rings. The third kappa shape index (κ3) is 10.8. The van der Waals surface area contributed by atoms with Crippen molar-refractivity contribution in [3.63, 3.8) is 0 Å². The fourth-order valence-electron chi connectivity index (χ4n) is 2.20. The van der Waals surface area contributed by atoms with Crippen molar-refractivity contribution in [2.24, 2.45) is 5.41 Å². The Morgan fingerprint density at radius 3 is 1.83 bits per heavy atom. The van der Waals surface area contributed by atoms with E-state index in [2.05, 4.69) is 27.7 Å². The van der Waals surface area contributed by atoms with Gasteiger partial charge in [0.15, 0.2) is 0 Å². The van der Waals surface area contributed by atoms with E-state index in [1.807, 2.05) is 0 Å². The summed E-state index contributed by atoms with van der Waals surface area (Å²) in [7, 11) is 0. The maximum atomic E-state index is 11.8. The van der Waals surface area contributed by atoms with Crippen molar-refractivity contribution in [3.05, 3.63) is 0 Å². The van der Waals surface area contributed by atoms with Crippen molar-refractivity contribution in [1.29, 1.82) is 0 Å². The Balaban J connectivity index is 3.36. The highest BCUT2D eigenvalue weighted by atomic mass is 16.1. The first kappa shape index (κ1) is 17.7. The zero-order valence-electron chi connectivity index (χ0n) is 13.2. The molecular formula is C17H34O. The molecular weight excluding hydrogens is 220 g/mol. The van der Waals surface area contributed by atoms with E-state index in [1.165, 1.54) is 44.9 Å². The Morgan fingerprint density at radius 1 is 0.833 bits per heavy atom. The first-order chi connectivity index (χ1) is 8.52. The van der Waals surface area contributed by atoms with Crippen molar-refractivity contribution in [1.82, 2.24) is 0 Å². The number of Topliss-reactive ketones (excluding diaryl/α,β-unsaturated/α-hetero) is 1. The molecule has 1 heteroatoms. The Morgan fingerprint density at radius 2 is 1.33 bits per heavy atom. The highest BCUT2D eigenvalue weighted by Gasteiger charge is 2.18. The SMILES string of the molecule is CCCCCCCCCCC(=O)CC(C)(C)CC. The molecule has 0 aromatic rings. The van der Waals surface area contributed by atoms with Gasteiger partial charge in [-0.3, -0.25) is 4.79 Å². The average Bonchev–Trinajstić information content (AvgIpc) is 2.32. The third-order valence-electron chi connectivity index (χ3n) is 3.94. The molecule has 108 valence electrons. The summed E-state index contributed by atoms with van der Waals surface area (Å²) < 4.78 is 0. The second-order valence-electron chi connectivity index (χ2n) is 6.46. The van der Waals surface area contributed by atoms with Gasteiger partial charge in [-0.1, -0.05) is 79.1 Å². The van der Waals surface area contributed by atoms with Gasteiger partial charge in [0.25, 0.3) is 0 Å². The molecule has 18 heavy (non-hydrogen) atoms. The van der Waals surface area contributed by atoms with Gasteiger partial charge in [-0.2, -0.15) is 0 Å². The predicted octanol–water partition coefficient (Wildman–Crippen LogP) is 5.91. The molecule has 0 N–H and O–H groups in total. The van der Waals surface area contributed by atoms with E-state index in [-0.39, 0.29) is 5.41 Å². The van der Waals surface area contributed by atoms with Gasteiger partial charge in [-0.05, 0) is 11.8 Å². The van der Waals surface area contributed by atoms with Crippen LogP contribution in [-0.2, 0) is 4.79 Å². The molecule has 0 aliphatic carbocycles. The molecule has 0 heterocycles. The van der Waals surface area contributed by atoms with Gasteiger partial charge in [-0.25, -0.2) is 0 Å². The summed E-state index contributed by atoms with van der Waals surface area (Å²) in [5, 5.41) is 0. The fraction of sp³-hybridized carbons (Fsp3) is 0.941. The summed E-state index contributed by atoms with van der Waals surface area (Å²) in [5.41, 5.74) is 0.206. The quantitative estimate of drug-likeness (QED) is 0.395. The first-order valence-corrected chi connectivity index (χ1v) is 8.03. The topological polar surface area (TPSA) is 17.1 Å². The Bertz CT molecular complexity index is 206. The molecule has 1 nitrogen and oxygen atoms in total. The minimum Gasteiger partial charge on any atom is -0.300 e. The third-order valence-corrected chi connectivity index (χ3v) is 3.94. The van der Waals surface area contributed by atoms with Crippen LogP contribution >= 0.6 is 0 Å². The van der Waals surface area contributed by atoms with Gasteiger partial charge in [0.05, 0.1) is 0 Å². The first-order valence-electron chi connectivity index (χ1n) is 8.03. The van der Waals surface area contributed by atoms with Crippen LogP contribution < -0.4 is 0 Å². The van der Waals surface area contributed by atoms with Crippen molar-refractivity contribution < 1.29 is 4.79 Å². The number of unbranched alkanes of at least 4 members (excludes halogenated alkanes) is 7. The van der Waals surface area contributed by atoms with Crippen molar-refractivity contribution in [2.45, 2.75) is 98.3 Å². The molecule has 0 aromatic heterocycles. The number of carbonyl (C=O) groups excluding carboxylic acids is 1. The lowest BCUT2D eigenvalue weighted by Gasteiger charge is -2.21. The number of ketones is 1. The van der Waals surface area contributed by atoms with E-state index in [4.69, 9.17) is 0 Å². The second-order valence-corrected chi connectivity index (χ2v) is 6.46. The van der Waals surface area contributed by atoms with E-state index in [9.17, 15) is 4.79 Å². The molecule has 0 amide bonds. The molecule has 0 aromatic carbocycles. The summed E-state index contributed by atoms with van der Waals surface area (Å²) in [6, 6.07) is 0. The summed E-state index contributed by atoms with van der Waals surface area (Å²) in [5.74, 6) is 0.466. The van der Waals surface area contributed by atoms with Crippen LogP contribution in [0.1, 0.15) is 98.3 Å². The highest BCUT2D eigenvalue weighted by Crippen LogP contribution is 2.25. The number of carbonyl (C=O) groups is 1. The maximum Gasteiger partial charge on any atom is 0.133 e. The smallest absolute Gasteiger partial charge is 0.133 e. The summed E-state index contributed by atoms with van der Waals surface area (Å²) in [6.07, 6.45) is 13.1. The minimum absolute atomic E-state index is 0.206. The van der Waals surface area contributed by atoms with Gasteiger partial charge in [0, 0.05) is 12.8 Å². The Hall–Kier alpha value is -0.330. The molecule has 0 radical (unpaired) electrons. The molecule has 0 spiro atoms. The van der Waals surface area contributed by atoms with Crippen LogP contribution in [0.2, 0.25) is 0 Å². The van der Waals surface area contributed by atoms with Gasteiger partial charge >= 0.3 is 0 Å². The van der Waals surface area contributed by atoms with Gasteiger partial charge in [-0.15, -0.1) is 0 Å². The number of hydrogen-bond acceptors (Lipinski definition) is 1. The lowest BCUT2D eigenvalue weighted by Crippen LogP contribution is -2.15. The molecule has 0 aliphatic heterocycles. The number of rotatable bonds is 12. The highest BCUT2D eigenvalue weighted by molar-refractivity contribution is 5.78. The number of hydrogen-bond donors (Lipinski definition) is 0. The van der Waals surface area contributed by atoms with Gasteiger partial charge in [0.1, 0.15) is 5.78 Å². The van der Waals surface area contributed by atoms with Crippen LogP contribution in [0.25, 0.3) is 0 Å². The molecule has 0 atom stereocenters. The average molecular weight is 254 g/mol. The van der Waals surface area contributed by atoms with E-state index in [0.717, 1.165) is 25.7 Å². The molecule has 0 unspecified atom stereocenters. The lowest BCUT2D eigenvalue weighted by atomic mass is 9.84. The van der Waals surface area contributed by atoms with E-state index < -0.39 is 0 Å². The van der Waals surface area contributed by atoms with Crippen LogP contribution in [0.15, 0.2) is 0 Å². The molecule has 0 saturated heterocycles. The van der Waals surface area contributed by atoms with Crippen molar-refractivity contribution in [2.75, 3.05) is 0 Å². The monoisotopic (exact) mass is 254 g/mol. The molecule has 0 rings (SSSR count). The largest absolute Gasteiger partial charge is 0.300 e. The van der Waals surface area contributed by atoms with Crippen LogP contribution in [0, 0.1) is 5.41 Å². The summed E-state index contributed by atoms with van der Waals surface area (Å²) >= 11 is 0. The molecule has 0 bridgehead atoms. The summed E-state index contributed by atoms with van der Waals surface area (Å²) in [4.78, 5) is 11.8. The molecule has 0 fully saturated rings. The second kappa shape index (κ2) is 10.6. The Kier molecular flexibility index (Phi) is 10.4. The van der Waals surface area contributed by atoms with Crippen molar-refractivity contribution >= 4 is 5.78 Å².